The number of benzene rings is 2. The van der Waals surface area contributed by atoms with Crippen molar-refractivity contribution < 1.29 is 43.6 Å². The summed E-state index contributed by atoms with van der Waals surface area (Å²) in [5, 5.41) is 31.5. The zero-order valence-electron chi connectivity index (χ0n) is 26.9. The molecule has 3 heterocycles. The van der Waals surface area contributed by atoms with Crippen molar-refractivity contribution in [3.63, 3.8) is 0 Å². The van der Waals surface area contributed by atoms with Gasteiger partial charge in [0.25, 0.3) is 11.4 Å². The second-order valence-corrected chi connectivity index (χ2v) is 13.3. The number of nitro groups is 2. The van der Waals surface area contributed by atoms with Gasteiger partial charge in [-0.05, 0) is 60.2 Å². The summed E-state index contributed by atoms with van der Waals surface area (Å²) >= 11 is 1.11. The van der Waals surface area contributed by atoms with E-state index >= 15 is 0 Å². The van der Waals surface area contributed by atoms with E-state index in [1.54, 1.807) is 18.4 Å². The van der Waals surface area contributed by atoms with Crippen molar-refractivity contribution in [3.8, 4) is 0 Å². The van der Waals surface area contributed by atoms with Crippen LogP contribution in [0.1, 0.15) is 30.9 Å². The summed E-state index contributed by atoms with van der Waals surface area (Å²) in [5.41, 5.74) is 0.853. The van der Waals surface area contributed by atoms with Crippen LogP contribution in [-0.4, -0.2) is 92.1 Å². The molecule has 17 heteroatoms. The van der Waals surface area contributed by atoms with Gasteiger partial charge in [0, 0.05) is 62.3 Å². The van der Waals surface area contributed by atoms with E-state index in [4.69, 9.17) is 9.47 Å². The predicted octanol–water partition coefficient (Wildman–Crippen LogP) is 2.79. The van der Waals surface area contributed by atoms with E-state index in [0.29, 0.717) is 16.0 Å². The Bertz CT molecular complexity index is 1680. The summed E-state index contributed by atoms with van der Waals surface area (Å²) in [6.07, 6.45) is 0.339. The summed E-state index contributed by atoms with van der Waals surface area (Å²) in [4.78, 5) is 77.6. The van der Waals surface area contributed by atoms with E-state index in [1.807, 2.05) is 6.92 Å². The van der Waals surface area contributed by atoms with Crippen LogP contribution >= 0.6 is 11.9 Å². The number of carbonyl (C=O) groups excluding carboxylic acids is 4. The number of non-ortho nitro benzene ring substituents is 2. The number of hydrogen-bond acceptors (Lipinski definition) is 13. The van der Waals surface area contributed by atoms with E-state index in [-0.39, 0.29) is 74.0 Å². The highest BCUT2D eigenvalue weighted by atomic mass is 32.2. The molecule has 0 spiro atoms. The zero-order chi connectivity index (χ0) is 35.6. The van der Waals surface area contributed by atoms with E-state index in [0.717, 1.165) is 11.9 Å². The quantitative estimate of drug-likeness (QED) is 0.105. The van der Waals surface area contributed by atoms with Crippen LogP contribution in [-0.2, 0) is 41.9 Å². The van der Waals surface area contributed by atoms with Gasteiger partial charge in [0.05, 0.1) is 27.7 Å². The normalized spacial score (nSPS) is 23.1. The van der Waals surface area contributed by atoms with Gasteiger partial charge in [0.2, 0.25) is 11.8 Å². The molecule has 2 aromatic carbocycles. The number of amides is 2. The summed E-state index contributed by atoms with van der Waals surface area (Å²) in [6, 6.07) is 9.92. The number of nitro benzene ring substituents is 2. The fourth-order valence-electron chi connectivity index (χ4n) is 6.29. The molecule has 0 aromatic heterocycles. The molecule has 2 amide bonds. The van der Waals surface area contributed by atoms with Crippen molar-refractivity contribution in [1.29, 1.82) is 0 Å². The van der Waals surface area contributed by atoms with Gasteiger partial charge in [0.1, 0.15) is 25.0 Å². The second-order valence-electron chi connectivity index (χ2n) is 12.2. The van der Waals surface area contributed by atoms with Gasteiger partial charge in [-0.15, -0.1) is 0 Å². The third-order valence-electron chi connectivity index (χ3n) is 8.87. The number of rotatable bonds is 13. The minimum atomic E-state index is -0.792. The lowest BCUT2D eigenvalue weighted by Crippen LogP contribution is -2.60. The Kier molecular flexibility index (Phi) is 10.6. The van der Waals surface area contributed by atoms with E-state index < -0.39 is 45.7 Å². The lowest BCUT2D eigenvalue weighted by molar-refractivity contribution is -0.385. The van der Waals surface area contributed by atoms with E-state index in [1.165, 1.54) is 58.3 Å². The zero-order valence-corrected chi connectivity index (χ0v) is 27.7. The molecule has 2 fully saturated rings. The van der Waals surface area contributed by atoms with Gasteiger partial charge in [0.15, 0.2) is 0 Å². The number of likely N-dealkylation sites (N-methyl/N-ethyl adjacent to an activating group) is 1. The van der Waals surface area contributed by atoms with Crippen LogP contribution in [0.2, 0.25) is 0 Å². The largest absolute Gasteiger partial charge is 0.461 e. The first kappa shape index (κ1) is 35.4. The van der Waals surface area contributed by atoms with Crippen LogP contribution in [0.5, 0.6) is 0 Å². The number of esters is 2. The second kappa shape index (κ2) is 14.7. The third kappa shape index (κ3) is 7.28. The Balaban J connectivity index is 1.36. The fraction of sp³-hybridized carbons (Fsp3) is 0.438. The first-order chi connectivity index (χ1) is 23.3. The number of nitrogens with zero attached hydrogens (tertiary/aromatic N) is 5. The highest BCUT2D eigenvalue weighted by Gasteiger charge is 2.59. The van der Waals surface area contributed by atoms with Crippen LogP contribution in [0.4, 0.5) is 11.4 Å². The predicted molar refractivity (Wildman–Crippen MR) is 173 cm³/mol. The molecule has 3 aliphatic heterocycles. The minimum Gasteiger partial charge on any atom is -0.461 e. The topological polar surface area (TPSA) is 203 Å². The summed E-state index contributed by atoms with van der Waals surface area (Å²) in [7, 11) is 3.18. The molecule has 260 valence electrons. The Hall–Kier alpha value is -4.87. The molecule has 0 saturated carbocycles. The molecule has 3 aliphatic rings. The van der Waals surface area contributed by atoms with E-state index in [9.17, 15) is 44.5 Å². The standard InChI is InChI=1S/C32H35N5O11S/c1-18-26-24(12-13-38)29(39)35(26)27(32(42)48-17-20-6-10-23(11-7-20)37(45)46)28(18)49-34-15-21(14-25(34)30(40)33(2)3)31(41)47-16-19-4-8-22(9-5-19)36(43)44/h4-11,18,21,24-26,38H,12-17H2,1-3H3/t18-,21+,24+,25+,26-/m1/s1. The molecular weight excluding hydrogens is 662 g/mol. The number of β-lactam (4-membered cyclic amide) rings is 1. The van der Waals surface area contributed by atoms with Crippen molar-refractivity contribution in [2.24, 2.45) is 17.8 Å². The van der Waals surface area contributed by atoms with Gasteiger partial charge in [-0.3, -0.25) is 34.6 Å². The Labute approximate surface area is 285 Å². The molecule has 5 rings (SSSR count). The van der Waals surface area contributed by atoms with Gasteiger partial charge >= 0.3 is 11.9 Å². The first-order valence-corrected chi connectivity index (χ1v) is 16.2. The molecule has 0 unspecified atom stereocenters. The van der Waals surface area contributed by atoms with Gasteiger partial charge < -0.3 is 24.4 Å². The summed E-state index contributed by atoms with van der Waals surface area (Å²) in [6.45, 7) is 1.39. The highest BCUT2D eigenvalue weighted by Crippen LogP contribution is 2.52. The number of fused-ring (bicyclic) bond motifs is 1. The maximum Gasteiger partial charge on any atom is 0.356 e. The van der Waals surface area contributed by atoms with E-state index in [2.05, 4.69) is 0 Å². The van der Waals surface area contributed by atoms with Crippen molar-refractivity contribution in [2.75, 3.05) is 27.2 Å². The lowest BCUT2D eigenvalue weighted by atomic mass is 9.80. The van der Waals surface area contributed by atoms with Crippen molar-refractivity contribution in [3.05, 3.63) is 90.5 Å². The third-order valence-corrected chi connectivity index (χ3v) is 10.3. The van der Waals surface area contributed by atoms with Gasteiger partial charge in [-0.2, -0.15) is 0 Å². The molecule has 1 N–H and O–H groups in total. The van der Waals surface area contributed by atoms with Crippen LogP contribution in [0.3, 0.4) is 0 Å². The molecule has 0 radical (unpaired) electrons. The molecule has 2 aromatic rings. The molecule has 5 atom stereocenters. The average molecular weight is 698 g/mol. The molecule has 49 heavy (non-hydrogen) atoms. The van der Waals surface area contributed by atoms with Crippen molar-refractivity contribution >= 4 is 47.1 Å². The summed E-state index contributed by atoms with van der Waals surface area (Å²) < 4.78 is 12.8. The average Bonchev–Trinajstić information content (AvgIpc) is 3.62. The summed E-state index contributed by atoms with van der Waals surface area (Å²) in [5.74, 6) is -3.56. The van der Waals surface area contributed by atoms with Gasteiger partial charge in [-0.1, -0.05) is 6.92 Å². The number of aliphatic hydroxyl groups excluding tert-OH is 1. The molecule has 0 bridgehead atoms. The molecule has 2 saturated heterocycles. The number of aliphatic hydroxyl groups is 1. The van der Waals surface area contributed by atoms with Crippen LogP contribution < -0.4 is 0 Å². The SMILES string of the molecule is C[C@H]1C(SN2C[C@@H](C(=O)OCc3ccc([N+](=O)[O-])cc3)C[C@H]2C(=O)N(C)C)=C(C(=O)OCc2ccc([N+](=O)[O-])cc2)N2C(=O)[C@@H](CCO)[C@@H]12. The molecule has 0 aliphatic carbocycles. The van der Waals surface area contributed by atoms with Crippen LogP contribution in [0, 0.1) is 38.0 Å². The molecular formula is C32H35N5O11S. The van der Waals surface area contributed by atoms with Crippen molar-refractivity contribution in [1.82, 2.24) is 14.1 Å². The maximum atomic E-state index is 13.6. The number of carbonyl (C=O) groups is 4. The number of ether oxygens (including phenoxy) is 2. The van der Waals surface area contributed by atoms with Crippen LogP contribution in [0.25, 0.3) is 0 Å². The van der Waals surface area contributed by atoms with Crippen LogP contribution in [0.15, 0.2) is 59.1 Å². The number of hydrogen-bond donors (Lipinski definition) is 1. The maximum absolute atomic E-state index is 13.6. The fourth-order valence-corrected chi connectivity index (χ4v) is 7.68. The lowest BCUT2D eigenvalue weighted by Gasteiger charge is -2.45. The first-order valence-electron chi connectivity index (χ1n) is 15.5. The van der Waals surface area contributed by atoms with Gasteiger partial charge in [-0.25, -0.2) is 9.10 Å². The molecule has 16 nitrogen and oxygen atoms in total. The van der Waals surface area contributed by atoms with Crippen molar-refractivity contribution in [2.45, 2.75) is 45.1 Å². The smallest absolute Gasteiger partial charge is 0.356 e. The Morgan fingerprint density at radius 1 is 0.959 bits per heavy atom. The Morgan fingerprint density at radius 2 is 1.51 bits per heavy atom. The Morgan fingerprint density at radius 3 is 2.02 bits per heavy atom. The highest BCUT2D eigenvalue weighted by molar-refractivity contribution is 8.01. The minimum absolute atomic E-state index is 0.0175. The monoisotopic (exact) mass is 697 g/mol.